The van der Waals surface area contributed by atoms with Gasteiger partial charge in [0.1, 0.15) is 0 Å². The van der Waals surface area contributed by atoms with Crippen molar-refractivity contribution < 1.29 is 5.11 Å². The topological polar surface area (TPSA) is 20.2 Å². The van der Waals surface area contributed by atoms with Gasteiger partial charge in [-0.3, -0.25) is 0 Å². The zero-order valence-electron chi connectivity index (χ0n) is 27.6. The lowest BCUT2D eigenvalue weighted by Gasteiger charge is -2.36. The van der Waals surface area contributed by atoms with Gasteiger partial charge in [-0.1, -0.05) is 147 Å². The molecule has 0 saturated carbocycles. The number of hydrogen-bond donors (Lipinski definition) is 1. The van der Waals surface area contributed by atoms with Crippen LogP contribution >= 0.6 is 0 Å². The van der Waals surface area contributed by atoms with Crippen molar-refractivity contribution in [2.24, 2.45) is 16.7 Å². The van der Waals surface area contributed by atoms with Crippen LogP contribution in [0.2, 0.25) is 0 Å². The van der Waals surface area contributed by atoms with E-state index in [9.17, 15) is 5.11 Å². The van der Waals surface area contributed by atoms with Crippen molar-refractivity contribution in [3.63, 3.8) is 0 Å². The van der Waals surface area contributed by atoms with Gasteiger partial charge in [-0.05, 0) is 89.2 Å². The van der Waals surface area contributed by atoms with E-state index in [1.54, 1.807) is 0 Å². The molecule has 2 aliphatic carbocycles. The summed E-state index contributed by atoms with van der Waals surface area (Å²) in [7, 11) is 0. The summed E-state index contributed by atoms with van der Waals surface area (Å²) in [5, 5.41) is 10.3. The first kappa shape index (κ1) is 34.3. The van der Waals surface area contributed by atoms with Crippen molar-refractivity contribution in [1.82, 2.24) is 0 Å². The minimum absolute atomic E-state index is 0.111. The van der Waals surface area contributed by atoms with Gasteiger partial charge >= 0.3 is 0 Å². The Bertz CT molecular complexity index is 1240. The van der Waals surface area contributed by atoms with E-state index in [0.717, 1.165) is 18.4 Å². The normalized spacial score (nSPS) is 25.1. The highest BCUT2D eigenvalue weighted by Crippen LogP contribution is 2.42. The third-order valence-corrected chi connectivity index (χ3v) is 8.61. The molecule has 0 bridgehead atoms. The smallest absolute Gasteiger partial charge is 0.0753 e. The minimum Gasteiger partial charge on any atom is -0.389 e. The molecule has 41 heavy (non-hydrogen) atoms. The standard InChI is InChI=1S/C40H56O/c1-30(18-13-20-32(3)23-25-36-34(5)22-15-28-39(36,7)8)16-11-12-17-31(2)19-14-21-33(4)24-26-37-35(6)38(41)27-29-40(37,9)10/h11-14,16-26,36,38,41H,15,27-29H2,1-10H3/b12-11+,18-13+,19-14+,25-23+,26-24+,30-16+,31-17+,32-20+,33-21+/t36-,38?/m0/s1. The van der Waals surface area contributed by atoms with E-state index in [-0.39, 0.29) is 11.5 Å². The van der Waals surface area contributed by atoms with E-state index in [0.29, 0.717) is 11.3 Å². The van der Waals surface area contributed by atoms with Crippen LogP contribution in [0.5, 0.6) is 0 Å². The van der Waals surface area contributed by atoms with Gasteiger partial charge in [0.2, 0.25) is 0 Å². The van der Waals surface area contributed by atoms with E-state index in [4.69, 9.17) is 0 Å². The average Bonchev–Trinajstić information content (AvgIpc) is 2.88. The van der Waals surface area contributed by atoms with Crippen LogP contribution < -0.4 is 0 Å². The predicted molar refractivity (Wildman–Crippen MR) is 183 cm³/mol. The van der Waals surface area contributed by atoms with Crippen LogP contribution in [0.1, 0.15) is 94.9 Å². The van der Waals surface area contributed by atoms with E-state index in [2.05, 4.69) is 160 Å². The van der Waals surface area contributed by atoms with E-state index < -0.39 is 0 Å². The molecule has 0 aromatic rings. The van der Waals surface area contributed by atoms with Gasteiger partial charge in [-0.25, -0.2) is 0 Å². The predicted octanol–water partition coefficient (Wildman–Crippen LogP) is 11.4. The summed E-state index contributed by atoms with van der Waals surface area (Å²) >= 11 is 0. The van der Waals surface area contributed by atoms with Crippen molar-refractivity contribution in [2.75, 3.05) is 0 Å². The van der Waals surface area contributed by atoms with E-state index in [1.165, 1.54) is 46.3 Å². The lowest BCUT2D eigenvalue weighted by atomic mass is 9.68. The molecular formula is C40H56O. The summed E-state index contributed by atoms with van der Waals surface area (Å²) in [5.41, 5.74) is 9.19. The Balaban J connectivity index is 1.89. The van der Waals surface area contributed by atoms with Gasteiger partial charge in [0.25, 0.3) is 0 Å². The molecule has 0 heterocycles. The molecule has 1 heteroatoms. The van der Waals surface area contributed by atoms with E-state index in [1.807, 2.05) is 0 Å². The maximum Gasteiger partial charge on any atom is 0.0753 e. The van der Waals surface area contributed by atoms with Gasteiger partial charge in [0.15, 0.2) is 0 Å². The van der Waals surface area contributed by atoms with E-state index >= 15 is 0 Å². The highest BCUT2D eigenvalue weighted by atomic mass is 16.3. The lowest BCUT2D eigenvalue weighted by Crippen LogP contribution is -2.27. The first-order chi connectivity index (χ1) is 19.2. The fourth-order valence-corrected chi connectivity index (χ4v) is 5.70. The van der Waals surface area contributed by atoms with Crippen LogP contribution in [-0.2, 0) is 0 Å². The molecule has 0 aromatic carbocycles. The fourth-order valence-electron chi connectivity index (χ4n) is 5.70. The van der Waals surface area contributed by atoms with Crippen LogP contribution in [-0.4, -0.2) is 11.2 Å². The molecule has 1 unspecified atom stereocenters. The Hall–Kier alpha value is -2.90. The molecule has 1 N–H and O–H groups in total. The van der Waals surface area contributed by atoms with Crippen molar-refractivity contribution in [3.8, 4) is 0 Å². The first-order valence-electron chi connectivity index (χ1n) is 15.4. The monoisotopic (exact) mass is 552 g/mol. The maximum absolute atomic E-state index is 10.3. The van der Waals surface area contributed by atoms with Crippen LogP contribution in [0.15, 0.2) is 130 Å². The molecule has 0 spiro atoms. The molecule has 2 atom stereocenters. The molecule has 1 nitrogen and oxygen atoms in total. The first-order valence-corrected chi connectivity index (χ1v) is 15.4. The quantitative estimate of drug-likeness (QED) is 0.211. The van der Waals surface area contributed by atoms with Crippen LogP contribution in [0.4, 0.5) is 0 Å². The molecule has 0 aliphatic heterocycles. The molecule has 0 saturated heterocycles. The second kappa shape index (κ2) is 15.9. The Morgan fingerprint density at radius 2 is 1.24 bits per heavy atom. The third kappa shape index (κ3) is 11.5. The lowest BCUT2D eigenvalue weighted by molar-refractivity contribution is 0.163. The molecule has 2 rings (SSSR count). The van der Waals surface area contributed by atoms with Crippen molar-refractivity contribution in [1.29, 1.82) is 0 Å². The molecule has 0 radical (unpaired) electrons. The summed E-state index contributed by atoms with van der Waals surface area (Å²) in [6.07, 6.45) is 36.7. The van der Waals surface area contributed by atoms with Crippen LogP contribution in [0, 0.1) is 16.7 Å². The second-order valence-corrected chi connectivity index (χ2v) is 13.4. The minimum atomic E-state index is -0.308. The number of aliphatic hydroxyl groups is 1. The molecule has 0 aromatic heterocycles. The molecule has 0 fully saturated rings. The van der Waals surface area contributed by atoms with Crippen molar-refractivity contribution >= 4 is 0 Å². The third-order valence-electron chi connectivity index (χ3n) is 8.61. The molecule has 2 aliphatic rings. The van der Waals surface area contributed by atoms with Crippen molar-refractivity contribution in [2.45, 2.75) is 101 Å². The fraction of sp³-hybridized carbons (Fsp3) is 0.450. The van der Waals surface area contributed by atoms with Gasteiger partial charge < -0.3 is 5.11 Å². The van der Waals surface area contributed by atoms with Crippen LogP contribution in [0.25, 0.3) is 0 Å². The van der Waals surface area contributed by atoms with Crippen molar-refractivity contribution in [3.05, 3.63) is 130 Å². The summed E-state index contributed by atoms with van der Waals surface area (Å²) in [5.74, 6) is 0.524. The number of hydrogen-bond acceptors (Lipinski definition) is 1. The zero-order valence-corrected chi connectivity index (χ0v) is 27.6. The van der Waals surface area contributed by atoms with Crippen LogP contribution in [0.3, 0.4) is 0 Å². The summed E-state index contributed by atoms with van der Waals surface area (Å²) in [4.78, 5) is 0. The Labute approximate surface area is 252 Å². The summed E-state index contributed by atoms with van der Waals surface area (Å²) < 4.78 is 0. The Morgan fingerprint density at radius 1 is 0.732 bits per heavy atom. The summed E-state index contributed by atoms with van der Waals surface area (Å²) in [6.45, 7) is 22.2. The van der Waals surface area contributed by atoms with Gasteiger partial charge in [-0.2, -0.15) is 0 Å². The van der Waals surface area contributed by atoms with Gasteiger partial charge in [0.05, 0.1) is 6.10 Å². The average molecular weight is 553 g/mol. The SMILES string of the molecule is CC1=CCCC(C)(C)[C@H]1/C=C/C(C)=C/C=C/C(C)=C/C=C/C=C(C)/C=C/C=C(C)/C=C/C1=C(C)C(O)CCC1(C)C. The zero-order chi connectivity index (χ0) is 30.6. The highest BCUT2D eigenvalue weighted by Gasteiger charge is 2.31. The molecule has 0 amide bonds. The second-order valence-electron chi connectivity index (χ2n) is 13.4. The molecule has 222 valence electrons. The van der Waals surface area contributed by atoms with Gasteiger partial charge in [-0.15, -0.1) is 0 Å². The number of aliphatic hydroxyl groups excluding tert-OH is 1. The Kier molecular flexibility index (Phi) is 13.3. The largest absolute Gasteiger partial charge is 0.389 e. The number of rotatable bonds is 10. The maximum atomic E-state index is 10.3. The highest BCUT2D eigenvalue weighted by molar-refractivity contribution is 5.39. The van der Waals surface area contributed by atoms with Gasteiger partial charge in [0, 0.05) is 5.92 Å². The molecular weight excluding hydrogens is 496 g/mol. The summed E-state index contributed by atoms with van der Waals surface area (Å²) in [6, 6.07) is 0. The number of allylic oxidation sites excluding steroid dienone is 21. The Morgan fingerprint density at radius 3 is 1.80 bits per heavy atom.